The Hall–Kier alpha value is -2.61. The van der Waals surface area contributed by atoms with Crippen LogP contribution in [-0.4, -0.2) is 33.8 Å². The topological polar surface area (TPSA) is 80.8 Å². The fourth-order valence-corrected chi connectivity index (χ4v) is 6.27. The fourth-order valence-electron chi connectivity index (χ4n) is 3.23. The van der Waals surface area contributed by atoms with Gasteiger partial charge in [0.15, 0.2) is 0 Å². The van der Waals surface area contributed by atoms with Crippen molar-refractivity contribution in [3.8, 4) is 12.3 Å². The summed E-state index contributed by atoms with van der Waals surface area (Å²) in [5, 5.41) is 5.53. The molecule has 3 heterocycles. The van der Waals surface area contributed by atoms with Gasteiger partial charge in [-0.3, -0.25) is 4.90 Å². The van der Waals surface area contributed by atoms with E-state index in [1.165, 1.54) is 22.9 Å². The zero-order valence-corrected chi connectivity index (χ0v) is 23.5. The average Bonchev–Trinajstić information content (AvgIpc) is 3.40. The number of hydrogen-bond acceptors (Lipinski definition) is 8. The van der Waals surface area contributed by atoms with Gasteiger partial charge in [-0.05, 0) is 71.4 Å². The maximum absolute atomic E-state index is 13.2. The van der Waals surface area contributed by atoms with Crippen molar-refractivity contribution in [3.05, 3.63) is 32.8 Å². The lowest BCUT2D eigenvalue weighted by molar-refractivity contribution is 0.0507. The molecule has 2 amide bonds. The van der Waals surface area contributed by atoms with Crippen molar-refractivity contribution in [1.82, 2.24) is 9.69 Å². The van der Waals surface area contributed by atoms with Gasteiger partial charge < -0.3 is 14.8 Å². The molecular weight excluding hydrogens is 502 g/mol. The van der Waals surface area contributed by atoms with Gasteiger partial charge in [-0.15, -0.1) is 29.1 Å². The Morgan fingerprint density at radius 1 is 1.20 bits per heavy atom. The molecule has 0 aromatic carbocycles. The van der Waals surface area contributed by atoms with E-state index in [0.29, 0.717) is 29.0 Å². The number of rotatable bonds is 6. The summed E-state index contributed by atoms with van der Waals surface area (Å²) in [4.78, 5) is 28.9. The van der Waals surface area contributed by atoms with E-state index in [-0.39, 0.29) is 6.04 Å². The zero-order valence-electron chi connectivity index (χ0n) is 21.1. The number of anilines is 1. The minimum Gasteiger partial charge on any atom is -0.444 e. The molecule has 3 aromatic heterocycles. The fraction of sp³-hybridized carbons (Fsp3) is 0.480. The first kappa shape index (κ1) is 27.0. The Morgan fingerprint density at radius 3 is 2.46 bits per heavy atom. The first-order chi connectivity index (χ1) is 16.3. The van der Waals surface area contributed by atoms with Crippen molar-refractivity contribution in [3.63, 3.8) is 0 Å². The quantitative estimate of drug-likeness (QED) is 0.353. The summed E-state index contributed by atoms with van der Waals surface area (Å²) in [6.07, 6.45) is 5.47. The van der Waals surface area contributed by atoms with Crippen molar-refractivity contribution < 1.29 is 19.1 Å². The molecule has 0 aliphatic heterocycles. The average molecular weight is 534 g/mol. The Kier molecular flexibility index (Phi) is 8.14. The van der Waals surface area contributed by atoms with E-state index in [9.17, 15) is 9.59 Å². The summed E-state index contributed by atoms with van der Waals surface area (Å²) in [6.45, 7) is 13.3. The number of nitrogens with one attached hydrogen (secondary N) is 1. The second-order valence-electron chi connectivity index (χ2n) is 10.1. The third-order valence-corrected chi connectivity index (χ3v) is 7.60. The molecule has 0 fully saturated rings. The molecule has 0 radical (unpaired) electrons. The van der Waals surface area contributed by atoms with Crippen LogP contribution in [-0.2, 0) is 22.4 Å². The van der Waals surface area contributed by atoms with Crippen molar-refractivity contribution >= 4 is 61.6 Å². The lowest BCUT2D eigenvalue weighted by atomic mass is 10.1. The van der Waals surface area contributed by atoms with Crippen LogP contribution >= 0.6 is 34.2 Å². The van der Waals surface area contributed by atoms with Crippen LogP contribution in [0.2, 0.25) is 0 Å². The monoisotopic (exact) mass is 533 g/mol. The van der Waals surface area contributed by atoms with Gasteiger partial charge in [-0.25, -0.2) is 9.59 Å². The largest absolute Gasteiger partial charge is 0.444 e. The van der Waals surface area contributed by atoms with E-state index in [1.807, 2.05) is 66.0 Å². The highest BCUT2D eigenvalue weighted by atomic mass is 32.1. The van der Waals surface area contributed by atoms with E-state index in [0.717, 1.165) is 14.5 Å². The van der Waals surface area contributed by atoms with Gasteiger partial charge in [0.25, 0.3) is 0 Å². The van der Waals surface area contributed by atoms with Crippen LogP contribution in [0.3, 0.4) is 0 Å². The Labute approximate surface area is 218 Å². The molecule has 188 valence electrons. The second-order valence-corrected chi connectivity index (χ2v) is 13.0. The first-order valence-electron chi connectivity index (χ1n) is 11.2. The molecule has 0 aliphatic rings. The number of amides is 2. The maximum atomic E-state index is 13.2. The Balaban J connectivity index is 1.92. The van der Waals surface area contributed by atoms with Gasteiger partial charge >= 0.3 is 12.2 Å². The van der Waals surface area contributed by atoms with Crippen LogP contribution in [0, 0.1) is 12.3 Å². The highest BCUT2D eigenvalue weighted by Gasteiger charge is 2.29. The molecule has 3 rings (SSSR count). The number of carbonyl (C=O) groups is 2. The summed E-state index contributed by atoms with van der Waals surface area (Å²) >= 11 is 4.30. The molecule has 0 saturated carbocycles. The predicted octanol–water partition coefficient (Wildman–Crippen LogP) is 6.80. The molecular formula is C25H31N3O4S3. The highest BCUT2D eigenvalue weighted by molar-refractivity contribution is 7.25. The molecule has 0 aliphatic carbocycles. The predicted molar refractivity (Wildman–Crippen MR) is 145 cm³/mol. The Bertz CT molecular complexity index is 1220. The van der Waals surface area contributed by atoms with Crippen molar-refractivity contribution in [2.24, 2.45) is 0 Å². The number of nitrogens with zero attached hydrogens (tertiary/aromatic N) is 2. The van der Waals surface area contributed by atoms with E-state index in [1.54, 1.807) is 16.2 Å². The second kappa shape index (κ2) is 10.6. The normalized spacial score (nSPS) is 12.7. The van der Waals surface area contributed by atoms with Crippen LogP contribution in [0.1, 0.15) is 63.8 Å². The van der Waals surface area contributed by atoms with Crippen LogP contribution in [0.25, 0.3) is 10.2 Å². The van der Waals surface area contributed by atoms with Gasteiger partial charge in [0.1, 0.15) is 21.7 Å². The Morgan fingerprint density at radius 2 is 1.89 bits per heavy atom. The van der Waals surface area contributed by atoms with Crippen LogP contribution < -0.4 is 10.2 Å². The maximum Gasteiger partial charge on any atom is 0.415 e. The number of carbonyl (C=O) groups excluding carboxylic acids is 2. The summed E-state index contributed by atoms with van der Waals surface area (Å²) in [7, 11) is 0. The minimum atomic E-state index is -0.637. The molecule has 10 heteroatoms. The summed E-state index contributed by atoms with van der Waals surface area (Å²) in [5.74, 6) is 2.76. The third kappa shape index (κ3) is 7.19. The van der Waals surface area contributed by atoms with Crippen molar-refractivity contribution in [1.29, 1.82) is 0 Å². The van der Waals surface area contributed by atoms with Crippen molar-refractivity contribution in [2.45, 2.75) is 78.7 Å². The van der Waals surface area contributed by atoms with Gasteiger partial charge in [0, 0.05) is 22.2 Å². The molecule has 3 aromatic rings. The lowest BCUT2D eigenvalue weighted by Gasteiger charge is -2.26. The van der Waals surface area contributed by atoms with E-state index in [4.69, 9.17) is 15.9 Å². The molecule has 1 N–H and O–H groups in total. The standard InChI is InChI=1S/C25H31N3O4S3/c1-9-17-18(13-15(2)26-22(29)31-24(3,4)5)34-20-19(17)27-35-21(20)28(14-16-11-10-12-33-16)23(30)32-25(6,7)8/h1,10-12,15H,13-14H2,2-8H3,(H,26,29)/t15-/m0/s1. The lowest BCUT2D eigenvalue weighted by Crippen LogP contribution is -2.38. The molecule has 1 atom stereocenters. The zero-order chi connectivity index (χ0) is 26.0. The molecule has 0 saturated heterocycles. The van der Waals surface area contributed by atoms with Crippen LogP contribution in [0.15, 0.2) is 17.5 Å². The van der Waals surface area contributed by atoms with E-state index in [2.05, 4.69) is 15.6 Å². The van der Waals surface area contributed by atoms with Crippen LogP contribution in [0.5, 0.6) is 0 Å². The van der Waals surface area contributed by atoms with Gasteiger partial charge in [0.2, 0.25) is 0 Å². The smallest absolute Gasteiger partial charge is 0.415 e. The van der Waals surface area contributed by atoms with E-state index >= 15 is 0 Å². The van der Waals surface area contributed by atoms with Crippen LogP contribution in [0.4, 0.5) is 14.6 Å². The minimum absolute atomic E-state index is 0.208. The highest BCUT2D eigenvalue weighted by Crippen LogP contribution is 2.42. The third-order valence-electron chi connectivity index (χ3n) is 4.53. The molecule has 35 heavy (non-hydrogen) atoms. The molecule has 0 unspecified atom stereocenters. The number of terminal acetylenes is 1. The summed E-state index contributed by atoms with van der Waals surface area (Å²) < 4.78 is 16.5. The van der Waals surface area contributed by atoms with Crippen molar-refractivity contribution in [2.75, 3.05) is 4.90 Å². The first-order valence-corrected chi connectivity index (χ1v) is 13.6. The SMILES string of the molecule is C#Cc1c(C[C@H](C)NC(=O)OC(C)(C)C)sc2c(N(Cc3cccs3)C(=O)OC(C)(C)C)snc12. The van der Waals surface area contributed by atoms with Gasteiger partial charge in [-0.1, -0.05) is 12.0 Å². The van der Waals surface area contributed by atoms with E-state index < -0.39 is 23.4 Å². The molecule has 0 spiro atoms. The molecule has 0 bridgehead atoms. The molecule has 7 nitrogen and oxygen atoms in total. The number of alkyl carbamates (subject to hydrolysis) is 1. The summed E-state index contributed by atoms with van der Waals surface area (Å²) in [6, 6.07) is 3.73. The van der Waals surface area contributed by atoms with Gasteiger partial charge in [-0.2, -0.15) is 4.37 Å². The number of aromatic nitrogens is 1. The number of fused-ring (bicyclic) bond motifs is 1. The summed E-state index contributed by atoms with van der Waals surface area (Å²) in [5.41, 5.74) is 0.162. The number of ether oxygens (including phenoxy) is 2. The van der Waals surface area contributed by atoms with Gasteiger partial charge in [0.05, 0.1) is 16.8 Å². The number of thiophene rings is 2. The number of hydrogen-bond donors (Lipinski definition) is 1.